The highest BCUT2D eigenvalue weighted by molar-refractivity contribution is 7.13. The predicted molar refractivity (Wildman–Crippen MR) is 125 cm³/mol. The lowest BCUT2D eigenvalue weighted by Crippen LogP contribution is -2.39. The third-order valence-electron chi connectivity index (χ3n) is 5.13. The number of halogens is 1. The normalized spacial score (nSPS) is 14.1. The van der Waals surface area contributed by atoms with Crippen LogP contribution in [0.25, 0.3) is 21.8 Å². The van der Waals surface area contributed by atoms with E-state index in [1.807, 2.05) is 13.8 Å². The number of nitrogens with zero attached hydrogens (tertiary/aromatic N) is 3. The number of carboxylic acid groups (broad SMARTS) is 1. The molecule has 0 spiro atoms. The van der Waals surface area contributed by atoms with Crippen LogP contribution in [0.15, 0.2) is 34.2 Å². The number of thiazole rings is 1. The number of hydrogen-bond donors (Lipinski definition) is 3. The first-order chi connectivity index (χ1) is 16.2. The molecule has 0 atom stereocenters. The fraction of sp³-hybridized carbons (Fsp3) is 0.391. The second-order valence-electron chi connectivity index (χ2n) is 8.18. The average Bonchev–Trinajstić information content (AvgIpc) is 3.46. The van der Waals surface area contributed by atoms with E-state index in [0.29, 0.717) is 59.6 Å². The molecule has 2 aromatic heterocycles. The minimum atomic E-state index is -1.13. The molecule has 0 radical (unpaired) electrons. The Morgan fingerprint density at radius 3 is 2.41 bits per heavy atom. The minimum Gasteiger partial charge on any atom is -0.476 e. The van der Waals surface area contributed by atoms with Crippen molar-refractivity contribution in [3.05, 3.63) is 46.9 Å². The van der Waals surface area contributed by atoms with Crippen LogP contribution in [0.4, 0.5) is 4.39 Å². The molecule has 4 rings (SSSR count). The summed E-state index contributed by atoms with van der Waals surface area (Å²) in [6.45, 7) is 4.30. The summed E-state index contributed by atoms with van der Waals surface area (Å²) in [4.78, 5) is 28.8. The maximum Gasteiger partial charge on any atom is 0.355 e. The Hall–Kier alpha value is -3.15. The first-order valence-electron chi connectivity index (χ1n) is 10.8. The number of hydrogen-bond acceptors (Lipinski definition) is 8. The van der Waals surface area contributed by atoms with Gasteiger partial charge < -0.3 is 25.4 Å². The van der Waals surface area contributed by atoms with Gasteiger partial charge in [0, 0.05) is 30.0 Å². The lowest BCUT2D eigenvalue weighted by Gasteiger charge is -2.30. The zero-order valence-corrected chi connectivity index (χ0v) is 19.7. The molecule has 0 aliphatic carbocycles. The van der Waals surface area contributed by atoms with Crippen molar-refractivity contribution in [3.63, 3.8) is 0 Å². The Bertz CT molecular complexity index is 1120. The number of rotatable bonds is 5. The molecule has 3 heterocycles. The summed E-state index contributed by atoms with van der Waals surface area (Å²) in [5.41, 5.74) is 6.72. The van der Waals surface area contributed by atoms with Gasteiger partial charge in [0.2, 0.25) is 5.91 Å². The van der Waals surface area contributed by atoms with Gasteiger partial charge in [0.05, 0.1) is 5.56 Å². The Labute approximate surface area is 200 Å². The van der Waals surface area contributed by atoms with E-state index in [2.05, 4.69) is 10.1 Å². The number of nitrogens with two attached hydrogens (primary N) is 1. The molecule has 1 aliphatic rings. The van der Waals surface area contributed by atoms with E-state index in [-0.39, 0.29) is 23.3 Å². The van der Waals surface area contributed by atoms with Crippen molar-refractivity contribution in [1.82, 2.24) is 15.0 Å². The molecule has 1 fully saturated rings. The largest absolute Gasteiger partial charge is 0.476 e. The molecular weight excluding hydrogens is 463 g/mol. The maximum absolute atomic E-state index is 13.4. The number of aromatic carboxylic acids is 1. The molecule has 1 aromatic carbocycles. The van der Waals surface area contributed by atoms with Crippen molar-refractivity contribution in [2.45, 2.75) is 38.6 Å². The summed E-state index contributed by atoms with van der Waals surface area (Å²) in [6, 6.07) is 6.12. The summed E-state index contributed by atoms with van der Waals surface area (Å²) < 4.78 is 19.1. The molecular formula is C23H27FN4O5S. The monoisotopic (exact) mass is 490 g/mol. The standard InChI is InChI=1S/C20H18FN3O5S.C3H9N/c21-13-3-1-11(2-4-13)17-16(19-22-14(10-30-19)20(27)28)18(29-23-17)12-5-7-24(8-6-12)15(26)9-25;1-3(2)4/h1-4,10,12,25H,5-9H2,(H,27,28);3H,4H2,1-2H3. The van der Waals surface area contributed by atoms with Crippen LogP contribution < -0.4 is 5.73 Å². The van der Waals surface area contributed by atoms with Gasteiger partial charge in [0.15, 0.2) is 11.5 Å². The molecule has 0 saturated carbocycles. The molecule has 34 heavy (non-hydrogen) atoms. The molecule has 4 N–H and O–H groups in total. The summed E-state index contributed by atoms with van der Waals surface area (Å²) in [5, 5.41) is 24.4. The van der Waals surface area contributed by atoms with Gasteiger partial charge >= 0.3 is 5.97 Å². The van der Waals surface area contributed by atoms with Gasteiger partial charge in [0.25, 0.3) is 0 Å². The molecule has 1 saturated heterocycles. The third kappa shape index (κ3) is 6.04. The van der Waals surface area contributed by atoms with Gasteiger partial charge in [-0.2, -0.15) is 0 Å². The summed E-state index contributed by atoms with van der Waals surface area (Å²) >= 11 is 1.17. The van der Waals surface area contributed by atoms with Gasteiger partial charge in [-0.15, -0.1) is 11.3 Å². The molecule has 1 aliphatic heterocycles. The number of aliphatic hydroxyl groups is 1. The quantitative estimate of drug-likeness (QED) is 0.494. The van der Waals surface area contributed by atoms with Crippen molar-refractivity contribution >= 4 is 23.2 Å². The van der Waals surface area contributed by atoms with Crippen LogP contribution in [0.5, 0.6) is 0 Å². The molecule has 9 nitrogen and oxygen atoms in total. The lowest BCUT2D eigenvalue weighted by molar-refractivity contribution is -0.135. The topological polar surface area (TPSA) is 143 Å². The number of likely N-dealkylation sites (tertiary alicyclic amines) is 1. The first kappa shape index (κ1) is 25.5. The molecule has 182 valence electrons. The minimum absolute atomic E-state index is 0.0541. The molecule has 1 amide bonds. The van der Waals surface area contributed by atoms with Crippen LogP contribution in [-0.2, 0) is 4.79 Å². The Balaban J connectivity index is 0.000000751. The second kappa shape index (κ2) is 11.3. The van der Waals surface area contributed by atoms with Crippen LogP contribution in [0.1, 0.15) is 48.9 Å². The molecule has 3 aromatic rings. The van der Waals surface area contributed by atoms with E-state index in [9.17, 15) is 19.1 Å². The molecule has 0 unspecified atom stereocenters. The number of piperidine rings is 1. The highest BCUT2D eigenvalue weighted by Crippen LogP contribution is 2.42. The first-order valence-corrected chi connectivity index (χ1v) is 11.7. The van der Waals surface area contributed by atoms with E-state index in [1.54, 1.807) is 17.0 Å². The Morgan fingerprint density at radius 1 is 1.26 bits per heavy atom. The lowest BCUT2D eigenvalue weighted by atomic mass is 9.90. The number of aromatic nitrogens is 2. The van der Waals surface area contributed by atoms with Crippen molar-refractivity contribution in [2.24, 2.45) is 5.73 Å². The highest BCUT2D eigenvalue weighted by Gasteiger charge is 2.32. The van der Waals surface area contributed by atoms with Crippen molar-refractivity contribution in [1.29, 1.82) is 0 Å². The Morgan fingerprint density at radius 2 is 1.88 bits per heavy atom. The SMILES string of the molecule is CC(C)N.O=C(O)c1csc(-c2c(-c3ccc(F)cc3)noc2C2CCN(C(=O)CO)CC2)n1. The molecule has 11 heteroatoms. The number of amides is 1. The average molecular weight is 491 g/mol. The van der Waals surface area contributed by atoms with E-state index < -0.39 is 12.6 Å². The van der Waals surface area contributed by atoms with Gasteiger partial charge in [0.1, 0.15) is 23.1 Å². The van der Waals surface area contributed by atoms with Crippen LogP contribution in [0.3, 0.4) is 0 Å². The van der Waals surface area contributed by atoms with Gasteiger partial charge in [-0.3, -0.25) is 4.79 Å². The van der Waals surface area contributed by atoms with Crippen molar-refractivity contribution in [3.8, 4) is 21.8 Å². The fourth-order valence-electron chi connectivity index (χ4n) is 3.57. The third-order valence-corrected chi connectivity index (χ3v) is 5.99. The Kier molecular flexibility index (Phi) is 8.48. The number of carboxylic acids is 1. The summed E-state index contributed by atoms with van der Waals surface area (Å²) in [6.07, 6.45) is 1.21. The van der Waals surface area contributed by atoms with E-state index in [1.165, 1.54) is 28.8 Å². The van der Waals surface area contributed by atoms with Crippen LogP contribution in [0.2, 0.25) is 0 Å². The van der Waals surface area contributed by atoms with E-state index in [4.69, 9.17) is 15.4 Å². The van der Waals surface area contributed by atoms with Gasteiger partial charge in [-0.05, 0) is 43.1 Å². The van der Waals surface area contributed by atoms with Crippen LogP contribution in [-0.4, -0.2) is 62.9 Å². The fourth-order valence-corrected chi connectivity index (χ4v) is 4.41. The van der Waals surface area contributed by atoms with E-state index >= 15 is 0 Å². The smallest absolute Gasteiger partial charge is 0.355 e. The van der Waals surface area contributed by atoms with Gasteiger partial charge in [-0.25, -0.2) is 14.2 Å². The maximum atomic E-state index is 13.4. The van der Waals surface area contributed by atoms with Crippen molar-refractivity contribution in [2.75, 3.05) is 19.7 Å². The zero-order chi connectivity index (χ0) is 24.8. The van der Waals surface area contributed by atoms with Crippen molar-refractivity contribution < 1.29 is 28.7 Å². The summed E-state index contributed by atoms with van der Waals surface area (Å²) in [7, 11) is 0. The zero-order valence-electron chi connectivity index (χ0n) is 18.9. The number of carbonyl (C=O) groups excluding carboxylic acids is 1. The van der Waals surface area contributed by atoms with E-state index in [0.717, 1.165) is 0 Å². The van der Waals surface area contributed by atoms with Gasteiger partial charge in [-0.1, -0.05) is 19.0 Å². The second-order valence-corrected chi connectivity index (χ2v) is 9.04. The number of carbonyl (C=O) groups is 2. The van der Waals surface area contributed by atoms with Crippen LogP contribution >= 0.6 is 11.3 Å². The number of benzene rings is 1. The highest BCUT2D eigenvalue weighted by atomic mass is 32.1. The van der Waals surface area contributed by atoms with Crippen LogP contribution in [0, 0.1) is 5.82 Å². The predicted octanol–water partition coefficient (Wildman–Crippen LogP) is 3.35. The molecule has 0 bridgehead atoms. The summed E-state index contributed by atoms with van der Waals surface area (Å²) in [5.74, 6) is -1.32. The number of aliphatic hydroxyl groups excluding tert-OH is 1.